The molecule has 1 fully saturated rings. The number of hydrogen-bond donors (Lipinski definition) is 2. The molecule has 0 bridgehead atoms. The van der Waals surface area contributed by atoms with Crippen molar-refractivity contribution in [2.24, 2.45) is 17.6 Å². The van der Waals surface area contributed by atoms with Crippen molar-refractivity contribution >= 4 is 0 Å². The first-order chi connectivity index (χ1) is 16.7. The van der Waals surface area contributed by atoms with Gasteiger partial charge in [-0.2, -0.15) is 5.10 Å². The molecule has 8 nitrogen and oxygen atoms in total. The summed E-state index contributed by atoms with van der Waals surface area (Å²) in [4.78, 5) is 4.87. The van der Waals surface area contributed by atoms with Crippen LogP contribution in [0.3, 0.4) is 0 Å². The second-order valence-electron chi connectivity index (χ2n) is 9.27. The molecule has 8 heteroatoms. The molecule has 0 spiro atoms. The van der Waals surface area contributed by atoms with Gasteiger partial charge in [0, 0.05) is 18.4 Å². The Morgan fingerprint density at radius 3 is 2.38 bits per heavy atom. The average Bonchev–Trinajstić information content (AvgIpc) is 3.56. The van der Waals surface area contributed by atoms with Crippen molar-refractivity contribution in [3.8, 4) is 22.5 Å². The summed E-state index contributed by atoms with van der Waals surface area (Å²) in [5, 5.41) is 19.2. The van der Waals surface area contributed by atoms with Gasteiger partial charge in [0.1, 0.15) is 5.82 Å². The molecule has 2 aromatic carbocycles. The number of aromatic nitrogens is 7. The number of aryl methyl sites for hydroxylation is 1. The Kier molecular flexibility index (Phi) is 6.76. The normalized spacial score (nSPS) is 18.3. The number of nitrogens with two attached hydrogens (primary N) is 1. The highest BCUT2D eigenvalue weighted by Crippen LogP contribution is 2.31. The minimum atomic E-state index is 0.666. The van der Waals surface area contributed by atoms with E-state index in [1.54, 1.807) is 0 Å². The Morgan fingerprint density at radius 2 is 1.71 bits per heavy atom. The summed E-state index contributed by atoms with van der Waals surface area (Å²) in [6, 6.07) is 16.8. The van der Waals surface area contributed by atoms with Crippen LogP contribution >= 0.6 is 0 Å². The van der Waals surface area contributed by atoms with E-state index in [0.29, 0.717) is 17.7 Å². The number of hydrogen-bond acceptors (Lipinski definition) is 6. The molecule has 0 aliphatic heterocycles. The molecule has 2 heterocycles. The zero-order chi connectivity index (χ0) is 23.3. The zero-order valence-corrected chi connectivity index (χ0v) is 19.7. The van der Waals surface area contributed by atoms with Gasteiger partial charge in [-0.15, -0.1) is 5.10 Å². The van der Waals surface area contributed by atoms with Crippen LogP contribution in [-0.2, 0) is 19.4 Å². The highest BCUT2D eigenvalue weighted by atomic mass is 15.5. The van der Waals surface area contributed by atoms with Crippen molar-refractivity contribution in [3.63, 3.8) is 0 Å². The summed E-state index contributed by atoms with van der Waals surface area (Å²) < 4.78 is 2.11. The van der Waals surface area contributed by atoms with Gasteiger partial charge in [-0.25, -0.2) is 14.8 Å². The van der Waals surface area contributed by atoms with E-state index in [1.165, 1.54) is 31.2 Å². The predicted molar refractivity (Wildman–Crippen MR) is 132 cm³/mol. The van der Waals surface area contributed by atoms with Gasteiger partial charge in [0.2, 0.25) is 0 Å². The van der Waals surface area contributed by atoms with Crippen LogP contribution in [-0.4, -0.2) is 41.9 Å². The lowest BCUT2D eigenvalue weighted by Crippen LogP contribution is -2.23. The molecular formula is C26H32N8. The fraction of sp³-hybridized carbons (Fsp3) is 0.423. The van der Waals surface area contributed by atoms with E-state index in [1.807, 2.05) is 18.2 Å². The Balaban J connectivity index is 1.33. The largest absolute Gasteiger partial charge is 0.330 e. The highest BCUT2D eigenvalue weighted by Gasteiger charge is 2.23. The number of H-pyrrole nitrogens is 1. The van der Waals surface area contributed by atoms with Crippen molar-refractivity contribution in [2.75, 3.05) is 6.54 Å². The van der Waals surface area contributed by atoms with Crippen LogP contribution in [0.1, 0.15) is 49.8 Å². The van der Waals surface area contributed by atoms with E-state index in [2.05, 4.69) is 62.6 Å². The number of nitrogens with zero attached hydrogens (tertiary/aromatic N) is 6. The van der Waals surface area contributed by atoms with Gasteiger partial charge >= 0.3 is 0 Å². The summed E-state index contributed by atoms with van der Waals surface area (Å²) in [6.07, 6.45) is 6.81. The summed E-state index contributed by atoms with van der Waals surface area (Å²) >= 11 is 0. The summed E-state index contributed by atoms with van der Waals surface area (Å²) in [6.45, 7) is 3.67. The highest BCUT2D eigenvalue weighted by molar-refractivity contribution is 5.80. The lowest BCUT2D eigenvalue weighted by molar-refractivity contribution is 0.273. The van der Waals surface area contributed by atoms with E-state index in [4.69, 9.17) is 15.8 Å². The van der Waals surface area contributed by atoms with E-state index >= 15 is 0 Å². The first-order valence-corrected chi connectivity index (χ1v) is 12.3. The Morgan fingerprint density at radius 1 is 0.971 bits per heavy atom. The van der Waals surface area contributed by atoms with Gasteiger partial charge in [-0.1, -0.05) is 55.5 Å². The standard InChI is InChI=1S/C26H32N8/c1-2-24-28-25(15-18-7-9-19(16-27)10-8-18)34(31-24)17-20-11-13-21(14-12-20)22-5-3-4-6-23(22)26-29-32-33-30-26/h3-6,11-14,18-19H,2,7-10,15-17,27H2,1H3,(H,29,30,32,33). The average molecular weight is 457 g/mol. The monoisotopic (exact) mass is 456 g/mol. The SMILES string of the molecule is CCc1nc(CC2CCC(CN)CC2)n(Cc2ccc(-c3ccccc3-c3nnn[nH]3)cc2)n1. The van der Waals surface area contributed by atoms with Gasteiger partial charge in [0.15, 0.2) is 11.6 Å². The van der Waals surface area contributed by atoms with Crippen LogP contribution in [0, 0.1) is 11.8 Å². The molecule has 0 unspecified atom stereocenters. The van der Waals surface area contributed by atoms with E-state index in [9.17, 15) is 0 Å². The number of aromatic amines is 1. The molecule has 0 radical (unpaired) electrons. The topological polar surface area (TPSA) is 111 Å². The van der Waals surface area contributed by atoms with Crippen molar-refractivity contribution < 1.29 is 0 Å². The second kappa shape index (κ2) is 10.3. The molecule has 4 aromatic rings. The molecule has 1 saturated carbocycles. The maximum absolute atomic E-state index is 5.88. The number of nitrogens with one attached hydrogen (secondary N) is 1. The molecule has 1 aliphatic rings. The van der Waals surface area contributed by atoms with E-state index in [0.717, 1.165) is 54.3 Å². The fourth-order valence-electron chi connectivity index (χ4n) is 4.96. The first kappa shape index (κ1) is 22.4. The summed E-state index contributed by atoms with van der Waals surface area (Å²) in [5.74, 6) is 4.08. The van der Waals surface area contributed by atoms with E-state index < -0.39 is 0 Å². The fourth-order valence-corrected chi connectivity index (χ4v) is 4.96. The van der Waals surface area contributed by atoms with Gasteiger partial charge in [-0.3, -0.25) is 0 Å². The Labute approximate surface area is 200 Å². The maximum atomic E-state index is 5.88. The first-order valence-electron chi connectivity index (χ1n) is 12.3. The molecule has 176 valence electrons. The summed E-state index contributed by atoms with van der Waals surface area (Å²) in [5.41, 5.74) is 10.3. The Hall–Kier alpha value is -3.39. The lowest BCUT2D eigenvalue weighted by atomic mass is 9.80. The van der Waals surface area contributed by atoms with E-state index in [-0.39, 0.29) is 0 Å². The number of tetrazole rings is 1. The molecule has 0 atom stereocenters. The van der Waals surface area contributed by atoms with Crippen LogP contribution in [0.15, 0.2) is 48.5 Å². The second-order valence-corrected chi connectivity index (χ2v) is 9.27. The van der Waals surface area contributed by atoms with Crippen molar-refractivity contribution in [3.05, 3.63) is 65.7 Å². The molecule has 34 heavy (non-hydrogen) atoms. The lowest BCUT2D eigenvalue weighted by Gasteiger charge is -2.27. The minimum Gasteiger partial charge on any atom is -0.330 e. The zero-order valence-electron chi connectivity index (χ0n) is 19.7. The smallest absolute Gasteiger partial charge is 0.180 e. The van der Waals surface area contributed by atoms with Gasteiger partial charge in [0.25, 0.3) is 0 Å². The minimum absolute atomic E-state index is 0.666. The molecule has 0 saturated heterocycles. The number of benzene rings is 2. The quantitative estimate of drug-likeness (QED) is 0.414. The van der Waals surface area contributed by atoms with Crippen LogP contribution in [0.4, 0.5) is 0 Å². The van der Waals surface area contributed by atoms with Gasteiger partial charge in [0.05, 0.1) is 6.54 Å². The molecule has 3 N–H and O–H groups in total. The van der Waals surface area contributed by atoms with Crippen LogP contribution in [0.25, 0.3) is 22.5 Å². The van der Waals surface area contributed by atoms with Crippen LogP contribution < -0.4 is 5.73 Å². The van der Waals surface area contributed by atoms with Gasteiger partial charge < -0.3 is 5.73 Å². The maximum Gasteiger partial charge on any atom is 0.180 e. The van der Waals surface area contributed by atoms with Crippen molar-refractivity contribution in [1.82, 2.24) is 35.4 Å². The van der Waals surface area contributed by atoms with Crippen LogP contribution in [0.5, 0.6) is 0 Å². The summed E-state index contributed by atoms with van der Waals surface area (Å²) in [7, 11) is 0. The molecule has 0 amide bonds. The van der Waals surface area contributed by atoms with Crippen molar-refractivity contribution in [2.45, 2.75) is 52.0 Å². The molecule has 2 aromatic heterocycles. The molecular weight excluding hydrogens is 424 g/mol. The third-order valence-electron chi connectivity index (χ3n) is 7.00. The van der Waals surface area contributed by atoms with Crippen molar-refractivity contribution in [1.29, 1.82) is 0 Å². The predicted octanol–water partition coefficient (Wildman–Crippen LogP) is 4.04. The third kappa shape index (κ3) is 4.92. The van der Waals surface area contributed by atoms with Crippen LogP contribution in [0.2, 0.25) is 0 Å². The molecule has 5 rings (SSSR count). The third-order valence-corrected chi connectivity index (χ3v) is 7.00. The number of rotatable bonds is 8. The molecule has 1 aliphatic carbocycles. The Bertz CT molecular complexity index is 1190. The van der Waals surface area contributed by atoms with Gasteiger partial charge in [-0.05, 0) is 71.2 Å².